The monoisotopic (exact) mass is 270 g/mol. The number of hydrogen-bond acceptors (Lipinski definition) is 5. The maximum Gasteiger partial charge on any atom is 0.135 e. The van der Waals surface area contributed by atoms with Crippen LogP contribution in [0, 0.1) is 5.82 Å². The van der Waals surface area contributed by atoms with E-state index in [-0.39, 0.29) is 12.4 Å². The van der Waals surface area contributed by atoms with E-state index in [9.17, 15) is 9.50 Å². The second-order valence-electron chi connectivity index (χ2n) is 3.92. The first kappa shape index (κ1) is 13.3. The van der Waals surface area contributed by atoms with Crippen molar-refractivity contribution in [1.29, 1.82) is 0 Å². The lowest BCUT2D eigenvalue weighted by molar-refractivity contribution is 0.113. The summed E-state index contributed by atoms with van der Waals surface area (Å²) in [6.45, 7) is 1.07. The number of benzene rings is 1. The third-order valence-electron chi connectivity index (χ3n) is 2.53. The zero-order valence-electron chi connectivity index (χ0n) is 9.77. The van der Waals surface area contributed by atoms with E-state index < -0.39 is 6.10 Å². The molecule has 18 heavy (non-hydrogen) atoms. The number of aliphatic hydroxyl groups is 2. The maximum atomic E-state index is 13.9. The highest BCUT2D eigenvalue weighted by atomic mass is 32.2. The van der Waals surface area contributed by atoms with Crippen LogP contribution in [0.2, 0.25) is 0 Å². The van der Waals surface area contributed by atoms with Crippen LogP contribution in [-0.2, 0) is 0 Å². The van der Waals surface area contributed by atoms with Gasteiger partial charge in [0.15, 0.2) is 0 Å². The predicted molar refractivity (Wildman–Crippen MR) is 69.6 cm³/mol. The minimum Gasteiger partial charge on any atom is -0.394 e. The van der Waals surface area contributed by atoms with Crippen LogP contribution in [0.5, 0.6) is 0 Å². The molecule has 0 bridgehead atoms. The van der Waals surface area contributed by atoms with E-state index in [1.54, 1.807) is 12.1 Å². The van der Waals surface area contributed by atoms with Crippen molar-refractivity contribution in [3.8, 4) is 0 Å². The lowest BCUT2D eigenvalue weighted by Crippen LogP contribution is -2.22. The van der Waals surface area contributed by atoms with E-state index in [1.165, 1.54) is 17.8 Å². The fourth-order valence-corrected chi connectivity index (χ4v) is 2.65. The SMILES string of the molecule is OCC(O)CSc1cccc(F)c1C1=NCCN1. The highest BCUT2D eigenvalue weighted by Gasteiger charge is 2.18. The van der Waals surface area contributed by atoms with Crippen molar-refractivity contribution in [2.45, 2.75) is 11.0 Å². The summed E-state index contributed by atoms with van der Waals surface area (Å²) in [4.78, 5) is 4.93. The van der Waals surface area contributed by atoms with Gasteiger partial charge < -0.3 is 15.5 Å². The summed E-state index contributed by atoms with van der Waals surface area (Å²) in [5.74, 6) is 0.556. The number of rotatable bonds is 5. The average molecular weight is 270 g/mol. The highest BCUT2D eigenvalue weighted by Crippen LogP contribution is 2.26. The topological polar surface area (TPSA) is 64.8 Å². The number of aliphatic imine (C=N–C) groups is 1. The molecular formula is C12H15FN2O2S. The Balaban J connectivity index is 2.21. The number of thioether (sulfide) groups is 1. The Labute approximate surface area is 109 Å². The molecule has 0 spiro atoms. The summed E-state index contributed by atoms with van der Waals surface area (Å²) in [7, 11) is 0. The summed E-state index contributed by atoms with van der Waals surface area (Å²) in [5.41, 5.74) is 0.449. The molecule has 3 N–H and O–H groups in total. The second-order valence-corrected chi connectivity index (χ2v) is 4.98. The Morgan fingerprint density at radius 1 is 1.50 bits per heavy atom. The standard InChI is InChI=1S/C12H15FN2O2S/c13-9-2-1-3-10(18-7-8(17)6-16)11(9)12-14-4-5-15-12/h1-3,8,16-17H,4-7H2,(H,14,15). The molecule has 0 saturated heterocycles. The molecule has 0 saturated carbocycles. The van der Waals surface area contributed by atoms with Crippen molar-refractivity contribution in [3.63, 3.8) is 0 Å². The van der Waals surface area contributed by atoms with Crippen LogP contribution in [0.15, 0.2) is 28.1 Å². The van der Waals surface area contributed by atoms with Gasteiger partial charge in [-0.25, -0.2) is 4.39 Å². The van der Waals surface area contributed by atoms with E-state index in [2.05, 4.69) is 10.3 Å². The van der Waals surface area contributed by atoms with E-state index in [4.69, 9.17) is 5.11 Å². The Morgan fingerprint density at radius 3 is 3.00 bits per heavy atom. The van der Waals surface area contributed by atoms with Gasteiger partial charge in [-0.1, -0.05) is 6.07 Å². The molecule has 1 atom stereocenters. The lowest BCUT2D eigenvalue weighted by Gasteiger charge is -2.12. The second kappa shape index (κ2) is 6.17. The predicted octanol–water partition coefficient (Wildman–Crippen LogP) is 0.621. The fraction of sp³-hybridized carbons (Fsp3) is 0.417. The van der Waals surface area contributed by atoms with Gasteiger partial charge in [0.05, 0.1) is 24.8 Å². The summed E-state index contributed by atoms with van der Waals surface area (Å²) in [6.07, 6.45) is -0.801. The molecule has 0 aromatic heterocycles. The normalized spacial score (nSPS) is 16.3. The zero-order chi connectivity index (χ0) is 13.0. The third-order valence-corrected chi connectivity index (χ3v) is 3.73. The minimum absolute atomic E-state index is 0.295. The number of hydrogen-bond donors (Lipinski definition) is 3. The van der Waals surface area contributed by atoms with Crippen molar-refractivity contribution >= 4 is 17.6 Å². The molecule has 2 rings (SSSR count). The maximum absolute atomic E-state index is 13.9. The Morgan fingerprint density at radius 2 is 2.33 bits per heavy atom. The van der Waals surface area contributed by atoms with Gasteiger partial charge in [-0.3, -0.25) is 4.99 Å². The van der Waals surface area contributed by atoms with Crippen LogP contribution < -0.4 is 5.32 Å². The zero-order valence-corrected chi connectivity index (χ0v) is 10.6. The van der Waals surface area contributed by atoms with Crippen LogP contribution in [0.4, 0.5) is 4.39 Å². The van der Waals surface area contributed by atoms with Crippen LogP contribution in [0.3, 0.4) is 0 Å². The molecule has 0 fully saturated rings. The summed E-state index contributed by atoms with van der Waals surface area (Å²) < 4.78 is 13.9. The number of halogens is 1. The van der Waals surface area contributed by atoms with E-state index >= 15 is 0 Å². The molecule has 1 aromatic rings. The Bertz CT molecular complexity index is 454. The summed E-state index contributed by atoms with van der Waals surface area (Å²) in [6, 6.07) is 4.81. The van der Waals surface area contributed by atoms with Crippen molar-refractivity contribution < 1.29 is 14.6 Å². The molecule has 1 aliphatic rings. The van der Waals surface area contributed by atoms with Crippen molar-refractivity contribution in [2.24, 2.45) is 4.99 Å². The number of nitrogens with one attached hydrogen (secondary N) is 1. The lowest BCUT2D eigenvalue weighted by atomic mass is 10.2. The van der Waals surface area contributed by atoms with E-state index in [0.29, 0.717) is 30.2 Å². The van der Waals surface area contributed by atoms with Crippen LogP contribution in [0.25, 0.3) is 0 Å². The first-order valence-corrected chi connectivity index (χ1v) is 6.70. The molecule has 1 heterocycles. The Kier molecular flexibility index (Phi) is 4.57. The van der Waals surface area contributed by atoms with Gasteiger partial charge in [0.1, 0.15) is 11.7 Å². The molecule has 1 aromatic carbocycles. The largest absolute Gasteiger partial charge is 0.394 e. The van der Waals surface area contributed by atoms with Gasteiger partial charge in [-0.05, 0) is 12.1 Å². The molecule has 98 valence electrons. The average Bonchev–Trinajstić information content (AvgIpc) is 2.89. The Hall–Kier alpha value is -1.11. The van der Waals surface area contributed by atoms with Gasteiger partial charge >= 0.3 is 0 Å². The van der Waals surface area contributed by atoms with Crippen LogP contribution >= 0.6 is 11.8 Å². The van der Waals surface area contributed by atoms with Gasteiger partial charge in [-0.2, -0.15) is 0 Å². The number of aliphatic hydroxyl groups excluding tert-OH is 2. The van der Waals surface area contributed by atoms with Crippen LogP contribution in [-0.4, -0.2) is 47.6 Å². The van der Waals surface area contributed by atoms with Crippen molar-refractivity contribution in [1.82, 2.24) is 5.32 Å². The van der Waals surface area contributed by atoms with Gasteiger partial charge in [0, 0.05) is 17.2 Å². The fourth-order valence-electron chi connectivity index (χ4n) is 1.66. The molecule has 0 radical (unpaired) electrons. The summed E-state index contributed by atoms with van der Waals surface area (Å²) >= 11 is 1.31. The van der Waals surface area contributed by atoms with E-state index in [1.807, 2.05) is 0 Å². The molecule has 1 aliphatic heterocycles. The third kappa shape index (κ3) is 3.01. The number of nitrogens with zero attached hydrogens (tertiary/aromatic N) is 1. The van der Waals surface area contributed by atoms with E-state index in [0.717, 1.165) is 4.90 Å². The molecule has 0 aliphatic carbocycles. The quantitative estimate of drug-likeness (QED) is 0.686. The first-order chi connectivity index (χ1) is 8.72. The van der Waals surface area contributed by atoms with Gasteiger partial charge in [0.2, 0.25) is 0 Å². The van der Waals surface area contributed by atoms with Crippen LogP contribution in [0.1, 0.15) is 5.56 Å². The van der Waals surface area contributed by atoms with Crippen molar-refractivity contribution in [2.75, 3.05) is 25.4 Å². The summed E-state index contributed by atoms with van der Waals surface area (Å²) in [5, 5.41) is 21.1. The molecule has 0 amide bonds. The molecule has 6 heteroatoms. The molecule has 4 nitrogen and oxygen atoms in total. The first-order valence-electron chi connectivity index (χ1n) is 5.71. The van der Waals surface area contributed by atoms with Gasteiger partial charge in [-0.15, -0.1) is 11.8 Å². The highest BCUT2D eigenvalue weighted by molar-refractivity contribution is 7.99. The number of amidine groups is 1. The minimum atomic E-state index is -0.801. The molecular weight excluding hydrogens is 255 g/mol. The van der Waals surface area contributed by atoms with Crippen molar-refractivity contribution in [3.05, 3.63) is 29.6 Å². The molecule has 1 unspecified atom stereocenters. The van der Waals surface area contributed by atoms with Gasteiger partial charge in [0.25, 0.3) is 0 Å². The smallest absolute Gasteiger partial charge is 0.135 e.